The number of carbonyl (C=O) groups is 1. The van der Waals surface area contributed by atoms with Crippen LogP contribution in [0.15, 0.2) is 36.4 Å². The van der Waals surface area contributed by atoms with Gasteiger partial charge in [-0.2, -0.15) is 0 Å². The highest BCUT2D eigenvalue weighted by Gasteiger charge is 2.13. The van der Waals surface area contributed by atoms with Crippen molar-refractivity contribution in [1.29, 1.82) is 0 Å². The van der Waals surface area contributed by atoms with Crippen molar-refractivity contribution < 1.29 is 9.72 Å². The van der Waals surface area contributed by atoms with Gasteiger partial charge in [0.15, 0.2) is 0 Å². The molecule has 2 aromatic carbocycles. The fourth-order valence-corrected chi connectivity index (χ4v) is 2.27. The van der Waals surface area contributed by atoms with E-state index < -0.39 is 10.8 Å². The molecule has 0 aliphatic heterocycles. The number of nitrogens with zero attached hydrogens (tertiary/aromatic N) is 2. The Kier molecular flexibility index (Phi) is 3.53. The van der Waals surface area contributed by atoms with Crippen molar-refractivity contribution in [3.63, 3.8) is 0 Å². The summed E-state index contributed by atoms with van der Waals surface area (Å²) in [6.07, 6.45) is 0. The predicted molar refractivity (Wildman–Crippen MR) is 86.6 cm³/mol. The molecule has 7 nitrogen and oxygen atoms in total. The van der Waals surface area contributed by atoms with E-state index in [2.05, 4.69) is 15.3 Å². The maximum Gasteiger partial charge on any atom is 0.270 e. The quantitative estimate of drug-likeness (QED) is 0.572. The number of aromatic nitrogens is 2. The molecule has 7 heteroatoms. The second-order valence-electron chi connectivity index (χ2n) is 5.30. The van der Waals surface area contributed by atoms with Gasteiger partial charge in [-0.05, 0) is 43.2 Å². The number of nitrogens with one attached hydrogen (secondary N) is 2. The van der Waals surface area contributed by atoms with E-state index in [1.807, 2.05) is 26.0 Å². The highest BCUT2D eigenvalue weighted by molar-refractivity contribution is 6.04. The summed E-state index contributed by atoms with van der Waals surface area (Å²) < 4.78 is 0. The number of aromatic amines is 1. The standard InChI is InChI=1S/C16H14N4O3/c1-9-6-13-14(7-10(9)2)18-16(17-13)19-15(21)11-4-3-5-12(8-11)20(22)23/h3-8H,1-2H3,(H2,17,18,19,21). The number of aryl methyl sites for hydroxylation is 2. The van der Waals surface area contributed by atoms with Crippen LogP contribution in [-0.2, 0) is 0 Å². The topological polar surface area (TPSA) is 101 Å². The first-order valence-electron chi connectivity index (χ1n) is 6.97. The molecule has 0 saturated heterocycles. The van der Waals surface area contributed by atoms with Gasteiger partial charge < -0.3 is 4.98 Å². The Labute approximate surface area is 131 Å². The van der Waals surface area contributed by atoms with Crippen LogP contribution < -0.4 is 5.32 Å². The minimum Gasteiger partial charge on any atom is -0.324 e. The number of benzene rings is 2. The van der Waals surface area contributed by atoms with E-state index >= 15 is 0 Å². The Balaban J connectivity index is 1.88. The van der Waals surface area contributed by atoms with Crippen LogP contribution in [0.25, 0.3) is 11.0 Å². The zero-order chi connectivity index (χ0) is 16.6. The van der Waals surface area contributed by atoms with Gasteiger partial charge in [-0.3, -0.25) is 20.2 Å². The number of hydrogen-bond donors (Lipinski definition) is 2. The van der Waals surface area contributed by atoms with Gasteiger partial charge in [0.25, 0.3) is 11.6 Å². The molecule has 0 saturated carbocycles. The largest absolute Gasteiger partial charge is 0.324 e. The predicted octanol–water partition coefficient (Wildman–Crippen LogP) is 3.34. The second kappa shape index (κ2) is 5.53. The molecule has 0 bridgehead atoms. The number of anilines is 1. The lowest BCUT2D eigenvalue weighted by Gasteiger charge is -2.01. The summed E-state index contributed by atoms with van der Waals surface area (Å²) in [4.78, 5) is 29.8. The number of amides is 1. The Morgan fingerprint density at radius 1 is 1.22 bits per heavy atom. The van der Waals surface area contributed by atoms with Crippen LogP contribution in [0.4, 0.5) is 11.6 Å². The maximum absolute atomic E-state index is 12.2. The smallest absolute Gasteiger partial charge is 0.270 e. The second-order valence-corrected chi connectivity index (χ2v) is 5.30. The van der Waals surface area contributed by atoms with Crippen molar-refractivity contribution in [3.8, 4) is 0 Å². The molecule has 0 fully saturated rings. The lowest BCUT2D eigenvalue weighted by atomic mass is 10.1. The number of nitro benzene ring substituents is 1. The van der Waals surface area contributed by atoms with Crippen LogP contribution in [0.2, 0.25) is 0 Å². The van der Waals surface area contributed by atoms with Gasteiger partial charge in [0.1, 0.15) is 0 Å². The Morgan fingerprint density at radius 2 is 1.96 bits per heavy atom. The number of carbonyl (C=O) groups excluding carboxylic acids is 1. The molecular formula is C16H14N4O3. The van der Waals surface area contributed by atoms with Crippen molar-refractivity contribution in [2.45, 2.75) is 13.8 Å². The van der Waals surface area contributed by atoms with Crippen molar-refractivity contribution in [3.05, 3.63) is 63.2 Å². The molecule has 2 N–H and O–H groups in total. The van der Waals surface area contributed by atoms with Crippen LogP contribution in [0.3, 0.4) is 0 Å². The van der Waals surface area contributed by atoms with E-state index in [1.165, 1.54) is 24.3 Å². The molecule has 0 atom stereocenters. The number of fused-ring (bicyclic) bond motifs is 1. The number of H-pyrrole nitrogens is 1. The average molecular weight is 310 g/mol. The van der Waals surface area contributed by atoms with Crippen LogP contribution in [0.5, 0.6) is 0 Å². The summed E-state index contributed by atoms with van der Waals surface area (Å²) in [5.41, 5.74) is 3.88. The van der Waals surface area contributed by atoms with Gasteiger partial charge in [0.05, 0.1) is 16.0 Å². The molecule has 0 aliphatic rings. The molecule has 0 radical (unpaired) electrons. The molecule has 1 amide bonds. The van der Waals surface area contributed by atoms with Gasteiger partial charge in [-0.15, -0.1) is 0 Å². The Morgan fingerprint density at radius 3 is 2.70 bits per heavy atom. The lowest BCUT2D eigenvalue weighted by molar-refractivity contribution is -0.384. The van der Waals surface area contributed by atoms with Crippen molar-refractivity contribution in [2.24, 2.45) is 0 Å². The average Bonchev–Trinajstić information content (AvgIpc) is 2.89. The Hall–Kier alpha value is -3.22. The molecule has 3 aromatic rings. The number of hydrogen-bond acceptors (Lipinski definition) is 4. The minimum atomic E-state index is -0.538. The number of nitro groups is 1. The third-order valence-electron chi connectivity index (χ3n) is 3.65. The summed E-state index contributed by atoms with van der Waals surface area (Å²) in [5.74, 6) is -0.150. The summed E-state index contributed by atoms with van der Waals surface area (Å²) in [6.45, 7) is 3.99. The molecule has 1 aromatic heterocycles. The summed E-state index contributed by atoms with van der Waals surface area (Å²) in [5, 5.41) is 13.4. The van der Waals surface area contributed by atoms with Gasteiger partial charge in [-0.25, -0.2) is 4.98 Å². The van der Waals surface area contributed by atoms with Gasteiger partial charge in [-0.1, -0.05) is 6.07 Å². The first-order valence-corrected chi connectivity index (χ1v) is 6.97. The van der Waals surface area contributed by atoms with E-state index in [9.17, 15) is 14.9 Å². The molecule has 3 rings (SSSR count). The number of imidazole rings is 1. The van der Waals surface area contributed by atoms with Gasteiger partial charge in [0, 0.05) is 17.7 Å². The molecule has 116 valence electrons. The summed E-state index contributed by atoms with van der Waals surface area (Å²) >= 11 is 0. The van der Waals surface area contributed by atoms with Crippen LogP contribution in [0, 0.1) is 24.0 Å². The third-order valence-corrected chi connectivity index (χ3v) is 3.65. The van der Waals surface area contributed by atoms with Crippen LogP contribution in [-0.4, -0.2) is 20.8 Å². The number of non-ortho nitro benzene ring substituents is 1. The lowest BCUT2D eigenvalue weighted by Crippen LogP contribution is -2.13. The molecule has 23 heavy (non-hydrogen) atoms. The fraction of sp³-hybridized carbons (Fsp3) is 0.125. The van der Waals surface area contributed by atoms with Crippen molar-refractivity contribution in [2.75, 3.05) is 5.32 Å². The van der Waals surface area contributed by atoms with Crippen LogP contribution >= 0.6 is 0 Å². The molecule has 1 heterocycles. The molecule has 0 spiro atoms. The molecule has 0 unspecified atom stereocenters. The van der Waals surface area contributed by atoms with Gasteiger partial charge >= 0.3 is 0 Å². The first kappa shape index (κ1) is 14.7. The van der Waals surface area contributed by atoms with Crippen LogP contribution in [0.1, 0.15) is 21.5 Å². The van der Waals surface area contributed by atoms with E-state index in [1.54, 1.807) is 0 Å². The first-order chi connectivity index (χ1) is 10.9. The van der Waals surface area contributed by atoms with Gasteiger partial charge in [0.2, 0.25) is 5.95 Å². The molecule has 0 aliphatic carbocycles. The number of rotatable bonds is 3. The normalized spacial score (nSPS) is 10.7. The van der Waals surface area contributed by atoms with Crippen molar-refractivity contribution in [1.82, 2.24) is 9.97 Å². The van der Waals surface area contributed by atoms with E-state index in [0.29, 0.717) is 5.95 Å². The SMILES string of the molecule is Cc1cc2nc(NC(=O)c3cccc([N+](=O)[O-])c3)[nH]c2cc1C. The third kappa shape index (κ3) is 2.89. The Bertz CT molecular complexity index is 891. The van der Waals surface area contributed by atoms with E-state index in [-0.39, 0.29) is 11.3 Å². The van der Waals surface area contributed by atoms with E-state index in [0.717, 1.165) is 22.2 Å². The maximum atomic E-state index is 12.2. The minimum absolute atomic E-state index is 0.131. The highest BCUT2D eigenvalue weighted by atomic mass is 16.6. The fourth-order valence-electron chi connectivity index (χ4n) is 2.27. The monoisotopic (exact) mass is 310 g/mol. The summed E-state index contributed by atoms with van der Waals surface area (Å²) in [7, 11) is 0. The highest BCUT2D eigenvalue weighted by Crippen LogP contribution is 2.20. The zero-order valence-corrected chi connectivity index (χ0v) is 12.6. The summed E-state index contributed by atoms with van der Waals surface area (Å²) in [6, 6.07) is 9.44. The molecular weight excluding hydrogens is 296 g/mol. The van der Waals surface area contributed by atoms with E-state index in [4.69, 9.17) is 0 Å². The zero-order valence-electron chi connectivity index (χ0n) is 12.6. The van der Waals surface area contributed by atoms with Crippen molar-refractivity contribution >= 4 is 28.6 Å².